The van der Waals surface area contributed by atoms with Gasteiger partial charge in [0.1, 0.15) is 11.9 Å². The van der Waals surface area contributed by atoms with Gasteiger partial charge in [-0.05, 0) is 24.5 Å². The number of piperazine rings is 1. The zero-order valence-electron chi connectivity index (χ0n) is 13.9. The SMILES string of the molecule is Cc1cc2c(c3c1NC(=O)CC3)OC(CN1CCNCC1)C2.Cl.Cl. The van der Waals surface area contributed by atoms with Gasteiger partial charge < -0.3 is 15.4 Å². The summed E-state index contributed by atoms with van der Waals surface area (Å²) >= 11 is 0. The molecule has 2 N–H and O–H groups in total. The smallest absolute Gasteiger partial charge is 0.224 e. The molecule has 0 saturated carbocycles. The minimum atomic E-state index is 0. The zero-order chi connectivity index (χ0) is 15.1. The van der Waals surface area contributed by atoms with Crippen LogP contribution in [0.2, 0.25) is 0 Å². The molecule has 1 unspecified atom stereocenters. The maximum atomic E-state index is 11.6. The fourth-order valence-electron chi connectivity index (χ4n) is 3.83. The molecule has 0 aromatic heterocycles. The number of benzene rings is 1. The molecule has 0 bridgehead atoms. The number of carbonyl (C=O) groups is 1. The monoisotopic (exact) mass is 373 g/mol. The largest absolute Gasteiger partial charge is 0.488 e. The quantitative estimate of drug-likeness (QED) is 0.831. The molecule has 3 aliphatic rings. The number of nitrogens with zero attached hydrogens (tertiary/aromatic N) is 1. The van der Waals surface area contributed by atoms with Crippen molar-refractivity contribution in [1.82, 2.24) is 10.2 Å². The van der Waals surface area contributed by atoms with Gasteiger partial charge in [-0.1, -0.05) is 6.07 Å². The zero-order valence-corrected chi connectivity index (χ0v) is 15.5. The normalized spacial score (nSPS) is 22.4. The summed E-state index contributed by atoms with van der Waals surface area (Å²) in [6.07, 6.45) is 2.60. The Hall–Kier alpha value is -1.01. The van der Waals surface area contributed by atoms with E-state index >= 15 is 0 Å². The van der Waals surface area contributed by atoms with E-state index in [4.69, 9.17) is 4.74 Å². The lowest BCUT2D eigenvalue weighted by Gasteiger charge is -2.29. The van der Waals surface area contributed by atoms with Gasteiger partial charge in [-0.2, -0.15) is 0 Å². The molecule has 3 heterocycles. The number of hydrogen-bond donors (Lipinski definition) is 2. The van der Waals surface area contributed by atoms with Crippen molar-refractivity contribution in [2.45, 2.75) is 32.3 Å². The third-order valence-corrected chi connectivity index (χ3v) is 4.92. The molecule has 1 aromatic rings. The third kappa shape index (κ3) is 3.64. The molecule has 1 fully saturated rings. The molecule has 1 amide bonds. The summed E-state index contributed by atoms with van der Waals surface area (Å²) in [5, 5.41) is 6.40. The molecule has 134 valence electrons. The fraction of sp³-hybridized carbons (Fsp3) is 0.588. The second kappa shape index (κ2) is 7.91. The summed E-state index contributed by atoms with van der Waals surface area (Å²) < 4.78 is 6.28. The lowest BCUT2D eigenvalue weighted by atomic mass is 9.94. The van der Waals surface area contributed by atoms with Crippen LogP contribution in [0.4, 0.5) is 5.69 Å². The van der Waals surface area contributed by atoms with E-state index in [1.807, 2.05) is 0 Å². The number of amides is 1. The van der Waals surface area contributed by atoms with Crippen LogP contribution in [-0.4, -0.2) is 49.6 Å². The van der Waals surface area contributed by atoms with Gasteiger partial charge in [0.15, 0.2) is 0 Å². The number of fused-ring (bicyclic) bond motifs is 3. The molecule has 4 rings (SSSR count). The number of anilines is 1. The van der Waals surface area contributed by atoms with Gasteiger partial charge in [-0.15, -0.1) is 24.8 Å². The third-order valence-electron chi connectivity index (χ3n) is 4.92. The van der Waals surface area contributed by atoms with Crippen molar-refractivity contribution in [3.8, 4) is 5.75 Å². The second-order valence-electron chi connectivity index (χ2n) is 6.58. The van der Waals surface area contributed by atoms with E-state index < -0.39 is 0 Å². The van der Waals surface area contributed by atoms with Gasteiger partial charge >= 0.3 is 0 Å². The molecule has 0 radical (unpaired) electrons. The number of hydrogen-bond acceptors (Lipinski definition) is 4. The number of carbonyl (C=O) groups excluding carboxylic acids is 1. The molecular weight excluding hydrogens is 349 g/mol. The molecule has 0 aliphatic carbocycles. The Balaban J connectivity index is 0.00000104. The van der Waals surface area contributed by atoms with Crippen molar-refractivity contribution in [2.24, 2.45) is 0 Å². The minimum absolute atomic E-state index is 0. The Bertz CT molecular complexity index is 618. The number of aryl methyl sites for hydroxylation is 1. The average Bonchev–Trinajstić information content (AvgIpc) is 2.91. The van der Waals surface area contributed by atoms with E-state index in [1.54, 1.807) is 0 Å². The van der Waals surface area contributed by atoms with E-state index in [0.29, 0.717) is 6.42 Å². The molecule has 3 aliphatic heterocycles. The first-order valence-electron chi connectivity index (χ1n) is 8.25. The van der Waals surface area contributed by atoms with Crippen molar-refractivity contribution in [2.75, 3.05) is 38.0 Å². The van der Waals surface area contributed by atoms with E-state index in [9.17, 15) is 4.79 Å². The first kappa shape index (κ1) is 19.3. The lowest BCUT2D eigenvalue weighted by Crippen LogP contribution is -2.47. The van der Waals surface area contributed by atoms with Crippen molar-refractivity contribution < 1.29 is 9.53 Å². The summed E-state index contributed by atoms with van der Waals surface area (Å²) in [5.41, 5.74) is 4.66. The molecule has 1 atom stereocenters. The Kier molecular flexibility index (Phi) is 6.37. The Morgan fingerprint density at radius 1 is 1.25 bits per heavy atom. The lowest BCUT2D eigenvalue weighted by molar-refractivity contribution is -0.116. The molecule has 1 saturated heterocycles. The highest BCUT2D eigenvalue weighted by molar-refractivity contribution is 5.95. The highest BCUT2D eigenvalue weighted by Gasteiger charge is 2.31. The molecule has 0 spiro atoms. The summed E-state index contributed by atoms with van der Waals surface area (Å²) in [7, 11) is 0. The van der Waals surface area contributed by atoms with Crippen LogP contribution in [-0.2, 0) is 17.6 Å². The molecule has 24 heavy (non-hydrogen) atoms. The van der Waals surface area contributed by atoms with Gasteiger partial charge in [-0.3, -0.25) is 9.69 Å². The highest BCUT2D eigenvalue weighted by atomic mass is 35.5. The van der Waals surface area contributed by atoms with Crippen molar-refractivity contribution in [3.05, 3.63) is 22.8 Å². The Labute approximate surface area is 155 Å². The highest BCUT2D eigenvalue weighted by Crippen LogP contribution is 2.41. The molecular formula is C17H25Cl2N3O2. The van der Waals surface area contributed by atoms with E-state index in [-0.39, 0.29) is 36.8 Å². The maximum absolute atomic E-state index is 11.6. The topological polar surface area (TPSA) is 53.6 Å². The van der Waals surface area contributed by atoms with Crippen molar-refractivity contribution in [3.63, 3.8) is 0 Å². The van der Waals surface area contributed by atoms with Crippen LogP contribution < -0.4 is 15.4 Å². The first-order valence-corrected chi connectivity index (χ1v) is 8.25. The van der Waals surface area contributed by atoms with E-state index in [0.717, 1.165) is 62.6 Å². The fourth-order valence-corrected chi connectivity index (χ4v) is 3.83. The summed E-state index contributed by atoms with van der Waals surface area (Å²) in [5.74, 6) is 1.16. The molecule has 1 aromatic carbocycles. The molecule has 7 heteroatoms. The summed E-state index contributed by atoms with van der Waals surface area (Å²) in [4.78, 5) is 14.1. The Morgan fingerprint density at radius 2 is 2.00 bits per heavy atom. The van der Waals surface area contributed by atoms with Gasteiger partial charge in [0.2, 0.25) is 5.91 Å². The molecule has 5 nitrogen and oxygen atoms in total. The summed E-state index contributed by atoms with van der Waals surface area (Å²) in [6.45, 7) is 7.41. The van der Waals surface area contributed by atoms with Crippen LogP contribution >= 0.6 is 24.8 Å². The number of rotatable bonds is 2. The number of ether oxygens (including phenoxy) is 1. The minimum Gasteiger partial charge on any atom is -0.488 e. The maximum Gasteiger partial charge on any atom is 0.224 e. The van der Waals surface area contributed by atoms with Crippen LogP contribution in [0.1, 0.15) is 23.1 Å². The van der Waals surface area contributed by atoms with Crippen LogP contribution in [0.25, 0.3) is 0 Å². The predicted octanol–water partition coefficient (Wildman–Crippen LogP) is 1.93. The van der Waals surface area contributed by atoms with Crippen LogP contribution in [0.15, 0.2) is 6.07 Å². The van der Waals surface area contributed by atoms with E-state index in [1.165, 1.54) is 11.1 Å². The standard InChI is InChI=1S/C17H23N3O2.2ClH/c1-11-8-12-9-13(10-20-6-4-18-5-7-20)22-17(12)14-2-3-15(21)19-16(11)14;;/h8,13,18H,2-7,9-10H2,1H3,(H,19,21);2*1H. The average molecular weight is 374 g/mol. The number of halogens is 2. The van der Waals surface area contributed by atoms with Crippen LogP contribution in [0.3, 0.4) is 0 Å². The second-order valence-corrected chi connectivity index (χ2v) is 6.58. The van der Waals surface area contributed by atoms with Crippen LogP contribution in [0, 0.1) is 6.92 Å². The van der Waals surface area contributed by atoms with Crippen molar-refractivity contribution in [1.29, 1.82) is 0 Å². The van der Waals surface area contributed by atoms with Crippen LogP contribution in [0.5, 0.6) is 5.75 Å². The van der Waals surface area contributed by atoms with E-state index in [2.05, 4.69) is 28.5 Å². The Morgan fingerprint density at radius 3 is 2.75 bits per heavy atom. The van der Waals surface area contributed by atoms with Gasteiger partial charge in [0.25, 0.3) is 0 Å². The number of nitrogens with one attached hydrogen (secondary N) is 2. The van der Waals surface area contributed by atoms with Gasteiger partial charge in [-0.25, -0.2) is 0 Å². The van der Waals surface area contributed by atoms with Gasteiger partial charge in [0.05, 0.1) is 5.69 Å². The predicted molar refractivity (Wildman–Crippen MR) is 100 cm³/mol. The van der Waals surface area contributed by atoms with Crippen molar-refractivity contribution >= 4 is 36.4 Å². The summed E-state index contributed by atoms with van der Waals surface area (Å²) in [6, 6.07) is 2.19. The first-order chi connectivity index (χ1) is 10.7. The van der Waals surface area contributed by atoms with Gasteiger partial charge in [0, 0.05) is 51.1 Å².